The highest BCUT2D eigenvalue weighted by Crippen LogP contribution is 2.49. The molecule has 4 heterocycles. The van der Waals surface area contributed by atoms with Crippen molar-refractivity contribution >= 4 is 108 Å². The number of hydrogen-bond donors (Lipinski definition) is 0. The molecule has 0 bridgehead atoms. The van der Waals surface area contributed by atoms with Crippen molar-refractivity contribution in [3.63, 3.8) is 0 Å². The van der Waals surface area contributed by atoms with Crippen LogP contribution in [0.25, 0.3) is 130 Å². The van der Waals surface area contributed by atoms with Gasteiger partial charge in [-0.25, -0.2) is 9.97 Å². The number of benzene rings is 10. The summed E-state index contributed by atoms with van der Waals surface area (Å²) in [6.45, 7) is 0. The third-order valence-corrected chi connectivity index (χ3v) is 14.3. The first-order chi connectivity index (χ1) is 31.3. The van der Waals surface area contributed by atoms with Crippen LogP contribution in [0, 0.1) is 0 Å². The molecule has 0 fully saturated rings. The molecule has 5 heteroatoms. The molecule has 0 unspecified atom stereocenters. The Balaban J connectivity index is 1.13. The topological polar surface area (TPSA) is 35.6 Å². The summed E-state index contributed by atoms with van der Waals surface area (Å²) in [4.78, 5) is 11.2. The summed E-state index contributed by atoms with van der Waals surface area (Å²) in [6.07, 6.45) is 0. The number of fused-ring (bicyclic) bond motifs is 16. The van der Waals surface area contributed by atoms with Crippen LogP contribution < -0.4 is 0 Å². The fraction of sp³-hybridized carbons (Fsp3) is 0. The van der Waals surface area contributed by atoms with Crippen molar-refractivity contribution in [3.8, 4) is 34.0 Å². The Labute approximate surface area is 365 Å². The molecule has 0 aliphatic carbocycles. The molecule has 0 aliphatic heterocycles. The Kier molecular flexibility index (Phi) is 7.24. The van der Waals surface area contributed by atoms with E-state index in [1.807, 2.05) is 11.3 Å². The molecule has 0 aliphatic rings. The summed E-state index contributed by atoms with van der Waals surface area (Å²) >= 11 is 1.88. The zero-order valence-electron chi connectivity index (χ0n) is 33.8. The Morgan fingerprint density at radius 1 is 0.365 bits per heavy atom. The lowest BCUT2D eigenvalue weighted by atomic mass is 9.98. The molecule has 292 valence electrons. The van der Waals surface area contributed by atoms with Crippen molar-refractivity contribution < 1.29 is 0 Å². The normalized spacial score (nSPS) is 12.1. The summed E-state index contributed by atoms with van der Waals surface area (Å²) in [5, 5.41) is 13.1. The van der Waals surface area contributed by atoms with Crippen LogP contribution in [0.3, 0.4) is 0 Å². The Hall–Kier alpha value is -8.12. The lowest BCUT2D eigenvalue weighted by Crippen LogP contribution is -2.04. The van der Waals surface area contributed by atoms with Gasteiger partial charge in [-0.1, -0.05) is 158 Å². The molecule has 0 amide bonds. The van der Waals surface area contributed by atoms with E-state index in [1.165, 1.54) is 63.5 Å². The zero-order chi connectivity index (χ0) is 41.2. The molecule has 0 spiro atoms. The Morgan fingerprint density at radius 2 is 1.02 bits per heavy atom. The Bertz CT molecular complexity index is 4200. The molecule has 0 radical (unpaired) electrons. The van der Waals surface area contributed by atoms with E-state index in [2.05, 4.69) is 215 Å². The molecule has 0 saturated carbocycles. The van der Waals surface area contributed by atoms with Gasteiger partial charge in [-0.15, -0.1) is 11.3 Å². The number of rotatable bonds is 4. The van der Waals surface area contributed by atoms with Crippen LogP contribution >= 0.6 is 11.3 Å². The van der Waals surface area contributed by atoms with Crippen LogP contribution in [0.5, 0.6) is 0 Å². The molecule has 4 nitrogen and oxygen atoms in total. The maximum absolute atomic E-state index is 5.63. The van der Waals surface area contributed by atoms with Crippen LogP contribution in [0.15, 0.2) is 206 Å². The molecule has 10 aromatic carbocycles. The van der Waals surface area contributed by atoms with Crippen LogP contribution in [-0.2, 0) is 0 Å². The maximum atomic E-state index is 5.63. The molecule has 4 aromatic heterocycles. The fourth-order valence-electron chi connectivity index (χ4n) is 10.3. The van der Waals surface area contributed by atoms with E-state index in [-0.39, 0.29) is 0 Å². The number of aromatic nitrogens is 4. The monoisotopic (exact) mass is 818 g/mol. The van der Waals surface area contributed by atoms with E-state index in [9.17, 15) is 0 Å². The van der Waals surface area contributed by atoms with Gasteiger partial charge in [-0.3, -0.25) is 4.57 Å². The molecule has 63 heavy (non-hydrogen) atoms. The highest BCUT2D eigenvalue weighted by atomic mass is 32.1. The van der Waals surface area contributed by atoms with Crippen molar-refractivity contribution in [3.05, 3.63) is 206 Å². The van der Waals surface area contributed by atoms with E-state index in [1.54, 1.807) is 0 Å². The second kappa shape index (κ2) is 13.2. The third-order valence-electron chi connectivity index (χ3n) is 13.1. The van der Waals surface area contributed by atoms with Gasteiger partial charge in [0.2, 0.25) is 5.95 Å². The van der Waals surface area contributed by atoms with Crippen molar-refractivity contribution in [2.75, 3.05) is 0 Å². The molecule has 14 aromatic rings. The first-order valence-electron chi connectivity index (χ1n) is 21.4. The second-order valence-electron chi connectivity index (χ2n) is 16.5. The van der Waals surface area contributed by atoms with Crippen molar-refractivity contribution in [2.45, 2.75) is 0 Å². The maximum Gasteiger partial charge on any atom is 0.235 e. The average molecular weight is 819 g/mol. The summed E-state index contributed by atoms with van der Waals surface area (Å²) in [5.74, 6) is 0.653. The summed E-state index contributed by atoms with van der Waals surface area (Å²) < 4.78 is 7.33. The van der Waals surface area contributed by atoms with Crippen LogP contribution in [0.4, 0.5) is 0 Å². The second-order valence-corrected chi connectivity index (χ2v) is 17.5. The summed E-state index contributed by atoms with van der Waals surface area (Å²) in [6, 6.07) is 74.7. The van der Waals surface area contributed by atoms with E-state index in [0.717, 1.165) is 60.8 Å². The van der Waals surface area contributed by atoms with Gasteiger partial charge in [0, 0.05) is 74.5 Å². The van der Waals surface area contributed by atoms with Gasteiger partial charge in [0.1, 0.15) is 0 Å². The number of thiophene rings is 1. The van der Waals surface area contributed by atoms with E-state index < -0.39 is 0 Å². The molecule has 0 N–H and O–H groups in total. The van der Waals surface area contributed by atoms with Crippen LogP contribution in [-0.4, -0.2) is 19.1 Å². The standard InChI is InChI=1S/C58H34N4S/c1-3-16-36(17-4-1)54-46-31-27-35-15-7-8-20-40(35)55(46)60-58(59-54)62-50-34-38(37-29-32-49-47(33-37)41-21-11-13-25-48(41)61(49)39-18-5-2-6-19-39)28-30-44(50)52-53-45-24-12-14-26-51(45)63-57(53)43-23-10-9-22-42(43)56(52)62/h1-34H. The quantitative estimate of drug-likeness (QED) is 0.166. The van der Waals surface area contributed by atoms with E-state index in [0.29, 0.717) is 5.95 Å². The highest BCUT2D eigenvalue weighted by molar-refractivity contribution is 7.27. The average Bonchev–Trinajstić information content (AvgIpc) is 4.02. The highest BCUT2D eigenvalue weighted by Gasteiger charge is 2.25. The first kappa shape index (κ1) is 34.6. The molecule has 0 saturated heterocycles. The number of hydrogen-bond acceptors (Lipinski definition) is 3. The number of para-hydroxylation sites is 2. The van der Waals surface area contributed by atoms with Gasteiger partial charge in [0.05, 0.1) is 33.3 Å². The van der Waals surface area contributed by atoms with Crippen molar-refractivity contribution in [2.24, 2.45) is 0 Å². The van der Waals surface area contributed by atoms with Gasteiger partial charge in [0.25, 0.3) is 0 Å². The van der Waals surface area contributed by atoms with E-state index in [4.69, 9.17) is 9.97 Å². The SMILES string of the molecule is c1ccc(-c2nc(-n3c4cc(-c5ccc6c(c5)c5ccccc5n6-c5ccccc5)ccc4c4c5c6ccccc6sc5c5ccccc5c43)nc3c2ccc2ccccc23)cc1. The Morgan fingerprint density at radius 3 is 1.87 bits per heavy atom. The molecular formula is C58H34N4S. The predicted octanol–water partition coefficient (Wildman–Crippen LogP) is 15.8. The minimum Gasteiger partial charge on any atom is -0.309 e. The fourth-order valence-corrected chi connectivity index (χ4v) is 11.6. The van der Waals surface area contributed by atoms with Gasteiger partial charge in [0.15, 0.2) is 0 Å². The van der Waals surface area contributed by atoms with Crippen molar-refractivity contribution in [1.82, 2.24) is 19.1 Å². The zero-order valence-corrected chi connectivity index (χ0v) is 34.6. The first-order valence-corrected chi connectivity index (χ1v) is 22.2. The van der Waals surface area contributed by atoms with Gasteiger partial charge in [-0.2, -0.15) is 0 Å². The summed E-state index contributed by atoms with van der Waals surface area (Å²) in [7, 11) is 0. The van der Waals surface area contributed by atoms with Crippen LogP contribution in [0.2, 0.25) is 0 Å². The predicted molar refractivity (Wildman–Crippen MR) is 267 cm³/mol. The largest absolute Gasteiger partial charge is 0.309 e. The minimum atomic E-state index is 0.653. The number of nitrogens with zero attached hydrogens (tertiary/aromatic N) is 4. The van der Waals surface area contributed by atoms with Crippen LogP contribution in [0.1, 0.15) is 0 Å². The van der Waals surface area contributed by atoms with Gasteiger partial charge in [-0.05, 0) is 65.0 Å². The third kappa shape index (κ3) is 4.97. The van der Waals surface area contributed by atoms with Gasteiger partial charge >= 0.3 is 0 Å². The van der Waals surface area contributed by atoms with E-state index >= 15 is 0 Å². The molecule has 14 rings (SSSR count). The van der Waals surface area contributed by atoms with Gasteiger partial charge < -0.3 is 4.57 Å². The molecular weight excluding hydrogens is 785 g/mol. The smallest absolute Gasteiger partial charge is 0.235 e. The minimum absolute atomic E-state index is 0.653. The summed E-state index contributed by atoms with van der Waals surface area (Å²) in [5.41, 5.74) is 10.9. The lowest BCUT2D eigenvalue weighted by molar-refractivity contribution is 1.02. The van der Waals surface area contributed by atoms with Crippen molar-refractivity contribution in [1.29, 1.82) is 0 Å². The molecule has 0 atom stereocenters. The lowest BCUT2D eigenvalue weighted by Gasteiger charge is -2.14.